The standard InChI is InChI=1S/C18H40O5Si2/c1-11(2)24(12(3)4)23-25(13(5)6,14(7)8)22-18-16(10-19)21-15(9)17(18)20/h11-20,24H,10H2,1-9H3/t15-,16+,17+,18?/m0/s1. The largest absolute Gasteiger partial charge is 0.437 e. The zero-order valence-corrected chi connectivity index (χ0v) is 19.7. The van der Waals surface area contributed by atoms with Crippen LogP contribution in [0.3, 0.4) is 0 Å². The van der Waals surface area contributed by atoms with Crippen LogP contribution in [0.1, 0.15) is 62.3 Å². The van der Waals surface area contributed by atoms with Gasteiger partial charge in [-0.2, -0.15) is 0 Å². The van der Waals surface area contributed by atoms with E-state index in [2.05, 4.69) is 55.4 Å². The highest BCUT2D eigenvalue weighted by molar-refractivity contribution is 6.78. The fraction of sp³-hybridized carbons (Fsp3) is 1.00. The van der Waals surface area contributed by atoms with Gasteiger partial charge in [-0.1, -0.05) is 55.4 Å². The minimum atomic E-state index is -2.62. The molecule has 1 saturated heterocycles. The minimum absolute atomic E-state index is 0.151. The maximum absolute atomic E-state index is 10.6. The fourth-order valence-corrected chi connectivity index (χ4v) is 14.3. The fourth-order valence-electron chi connectivity index (χ4n) is 3.92. The maximum atomic E-state index is 10.6. The Balaban J connectivity index is 3.19. The molecule has 1 aliphatic rings. The van der Waals surface area contributed by atoms with Crippen LogP contribution in [0.25, 0.3) is 0 Å². The molecule has 0 aromatic heterocycles. The molecule has 1 fully saturated rings. The lowest BCUT2D eigenvalue weighted by Crippen LogP contribution is -2.57. The first kappa shape index (κ1) is 23.3. The Bertz CT molecular complexity index is 387. The van der Waals surface area contributed by atoms with Gasteiger partial charge >= 0.3 is 8.56 Å². The Morgan fingerprint density at radius 2 is 1.48 bits per heavy atom. The van der Waals surface area contributed by atoms with E-state index in [1.54, 1.807) is 0 Å². The molecule has 150 valence electrons. The van der Waals surface area contributed by atoms with Gasteiger partial charge in [-0.15, -0.1) is 0 Å². The smallest absolute Gasteiger partial charge is 0.333 e. The number of aliphatic hydroxyl groups excluding tert-OH is 2. The Hall–Kier alpha value is 0.234. The summed E-state index contributed by atoms with van der Waals surface area (Å²) in [5.41, 5.74) is 1.54. The number of aliphatic hydroxyl groups is 2. The molecule has 25 heavy (non-hydrogen) atoms. The van der Waals surface area contributed by atoms with Crippen molar-refractivity contribution in [3.8, 4) is 0 Å². The summed E-state index contributed by atoms with van der Waals surface area (Å²) in [6.07, 6.45) is -2.08. The lowest BCUT2D eigenvalue weighted by Gasteiger charge is -2.44. The molecule has 1 rings (SSSR count). The lowest BCUT2D eigenvalue weighted by molar-refractivity contribution is -0.0190. The third kappa shape index (κ3) is 5.15. The average molecular weight is 393 g/mol. The molecule has 0 radical (unpaired) electrons. The summed E-state index contributed by atoms with van der Waals surface area (Å²) in [4.78, 5) is 0. The molecule has 0 aromatic rings. The van der Waals surface area contributed by atoms with Gasteiger partial charge in [0.15, 0.2) is 9.04 Å². The highest BCUT2D eigenvalue weighted by Gasteiger charge is 2.53. The van der Waals surface area contributed by atoms with Gasteiger partial charge < -0.3 is 23.5 Å². The molecule has 1 aliphatic heterocycles. The van der Waals surface area contributed by atoms with Crippen LogP contribution in [0.2, 0.25) is 22.2 Å². The van der Waals surface area contributed by atoms with Crippen LogP contribution >= 0.6 is 0 Å². The molecule has 1 unspecified atom stereocenters. The van der Waals surface area contributed by atoms with Crippen LogP contribution in [0, 0.1) is 0 Å². The molecule has 5 nitrogen and oxygen atoms in total. The van der Waals surface area contributed by atoms with E-state index in [1.165, 1.54) is 0 Å². The zero-order chi connectivity index (χ0) is 19.5. The quantitative estimate of drug-likeness (QED) is 0.589. The van der Waals surface area contributed by atoms with Crippen LogP contribution in [0.4, 0.5) is 0 Å². The number of hydrogen-bond donors (Lipinski definition) is 2. The van der Waals surface area contributed by atoms with Crippen molar-refractivity contribution in [2.45, 2.75) is 109 Å². The van der Waals surface area contributed by atoms with Gasteiger partial charge in [0.2, 0.25) is 0 Å². The van der Waals surface area contributed by atoms with Gasteiger partial charge in [0.1, 0.15) is 18.3 Å². The molecule has 7 heteroatoms. The molecular weight excluding hydrogens is 352 g/mol. The summed E-state index contributed by atoms with van der Waals surface area (Å²) >= 11 is 0. The third-order valence-electron chi connectivity index (χ3n) is 5.32. The van der Waals surface area contributed by atoms with Crippen LogP contribution in [0.5, 0.6) is 0 Å². The summed E-state index contributed by atoms with van der Waals surface area (Å²) in [5.74, 6) is 0. The molecule has 0 bridgehead atoms. The second-order valence-electron chi connectivity index (χ2n) is 8.74. The minimum Gasteiger partial charge on any atom is -0.437 e. The van der Waals surface area contributed by atoms with Crippen LogP contribution in [-0.4, -0.2) is 58.8 Å². The van der Waals surface area contributed by atoms with Crippen molar-refractivity contribution < 1.29 is 23.5 Å². The van der Waals surface area contributed by atoms with E-state index in [-0.39, 0.29) is 23.8 Å². The molecule has 2 N–H and O–H groups in total. The van der Waals surface area contributed by atoms with E-state index in [0.717, 1.165) is 0 Å². The second kappa shape index (κ2) is 9.44. The molecule has 0 aliphatic carbocycles. The average Bonchev–Trinajstić information content (AvgIpc) is 2.77. The van der Waals surface area contributed by atoms with Gasteiger partial charge in [0.05, 0.1) is 12.7 Å². The highest BCUT2D eigenvalue weighted by Crippen LogP contribution is 2.41. The Morgan fingerprint density at radius 3 is 1.84 bits per heavy atom. The molecular formula is C18H40O5Si2. The second-order valence-corrected chi connectivity index (χ2v) is 17.3. The molecule has 4 atom stereocenters. The van der Waals surface area contributed by atoms with Gasteiger partial charge in [-0.3, -0.25) is 0 Å². The summed E-state index contributed by atoms with van der Waals surface area (Å²) < 4.78 is 19.3. The summed E-state index contributed by atoms with van der Waals surface area (Å²) in [6, 6.07) is 0. The van der Waals surface area contributed by atoms with Crippen molar-refractivity contribution in [2.24, 2.45) is 0 Å². The predicted octanol–water partition coefficient (Wildman–Crippen LogP) is 3.33. The van der Waals surface area contributed by atoms with E-state index < -0.39 is 35.9 Å². The number of hydrogen-bond acceptors (Lipinski definition) is 5. The summed E-state index contributed by atoms with van der Waals surface area (Å²) in [6.45, 7) is 19.3. The highest BCUT2D eigenvalue weighted by atomic mass is 28.4. The van der Waals surface area contributed by atoms with Crippen molar-refractivity contribution in [3.63, 3.8) is 0 Å². The van der Waals surface area contributed by atoms with Gasteiger partial charge in [0, 0.05) is 0 Å². The Labute approximate surface area is 157 Å². The van der Waals surface area contributed by atoms with Gasteiger partial charge in [0.25, 0.3) is 0 Å². The maximum Gasteiger partial charge on any atom is 0.333 e. The lowest BCUT2D eigenvalue weighted by atomic mass is 10.1. The first-order valence-electron chi connectivity index (χ1n) is 9.77. The van der Waals surface area contributed by atoms with Crippen molar-refractivity contribution in [1.29, 1.82) is 0 Å². The topological polar surface area (TPSA) is 68.2 Å². The molecule has 0 saturated carbocycles. The number of rotatable bonds is 9. The normalized spacial score (nSPS) is 28.3. The molecule has 0 spiro atoms. The summed E-state index contributed by atoms with van der Waals surface area (Å²) in [5, 5.41) is 20.2. The van der Waals surface area contributed by atoms with Gasteiger partial charge in [-0.25, -0.2) is 0 Å². The molecule has 0 amide bonds. The van der Waals surface area contributed by atoms with E-state index >= 15 is 0 Å². The Morgan fingerprint density at radius 1 is 1.00 bits per heavy atom. The van der Waals surface area contributed by atoms with Crippen LogP contribution < -0.4 is 0 Å². The van der Waals surface area contributed by atoms with Gasteiger partial charge in [-0.05, 0) is 29.1 Å². The molecule has 0 aromatic carbocycles. The number of ether oxygens (including phenoxy) is 1. The van der Waals surface area contributed by atoms with Crippen LogP contribution in [0.15, 0.2) is 0 Å². The van der Waals surface area contributed by atoms with Crippen LogP contribution in [-0.2, 0) is 13.3 Å². The SMILES string of the molecule is CC(C)[SiH](O[Si](OC1[C@@H](CO)O[C@@H](C)[C@H]1O)(C(C)C)C(C)C)C(C)C. The van der Waals surface area contributed by atoms with E-state index in [4.69, 9.17) is 13.3 Å². The third-order valence-corrected chi connectivity index (χ3v) is 14.4. The van der Waals surface area contributed by atoms with Crippen molar-refractivity contribution in [3.05, 3.63) is 0 Å². The zero-order valence-electron chi connectivity index (χ0n) is 17.5. The van der Waals surface area contributed by atoms with E-state index in [9.17, 15) is 10.2 Å². The monoisotopic (exact) mass is 392 g/mol. The van der Waals surface area contributed by atoms with E-state index in [1.807, 2.05) is 6.92 Å². The molecule has 1 heterocycles. The van der Waals surface area contributed by atoms with Crippen molar-refractivity contribution in [2.75, 3.05) is 6.61 Å². The first-order chi connectivity index (χ1) is 11.5. The Kier molecular flexibility index (Phi) is 8.78. The predicted molar refractivity (Wildman–Crippen MR) is 107 cm³/mol. The van der Waals surface area contributed by atoms with Crippen molar-refractivity contribution >= 4 is 17.6 Å². The van der Waals surface area contributed by atoms with Crippen molar-refractivity contribution in [1.82, 2.24) is 0 Å². The van der Waals surface area contributed by atoms with E-state index in [0.29, 0.717) is 11.1 Å². The summed E-state index contributed by atoms with van der Waals surface area (Å²) in [7, 11) is -4.11. The first-order valence-corrected chi connectivity index (χ1v) is 13.5.